The van der Waals surface area contributed by atoms with E-state index < -0.39 is 0 Å². The number of halogens is 1. The Bertz CT molecular complexity index is 1020. The number of carbonyl (C=O) groups excluding carboxylic acids is 2. The normalized spacial score (nSPS) is 10.6. The van der Waals surface area contributed by atoms with Crippen molar-refractivity contribution < 1.29 is 18.7 Å². The third kappa shape index (κ3) is 4.68. The molecule has 1 aromatic heterocycles. The van der Waals surface area contributed by atoms with Gasteiger partial charge in [0.15, 0.2) is 0 Å². The van der Waals surface area contributed by atoms with Gasteiger partial charge in [0.1, 0.15) is 5.82 Å². The van der Waals surface area contributed by atoms with Crippen LogP contribution in [0.15, 0.2) is 48.5 Å². The molecule has 0 saturated carbocycles. The first kappa shape index (κ1) is 20.3. The zero-order valence-electron chi connectivity index (χ0n) is 16.5. The second-order valence-corrected chi connectivity index (χ2v) is 6.65. The number of esters is 1. The van der Waals surface area contributed by atoms with E-state index in [0.29, 0.717) is 24.1 Å². The van der Waals surface area contributed by atoms with E-state index in [1.54, 1.807) is 16.8 Å². The Morgan fingerprint density at radius 3 is 2.34 bits per heavy atom. The highest BCUT2D eigenvalue weighted by atomic mass is 19.1. The minimum absolute atomic E-state index is 0.256. The third-order valence-corrected chi connectivity index (χ3v) is 4.72. The summed E-state index contributed by atoms with van der Waals surface area (Å²) >= 11 is 0. The highest BCUT2D eigenvalue weighted by Gasteiger charge is 2.15. The summed E-state index contributed by atoms with van der Waals surface area (Å²) in [5.74, 6) is -0.897. The maximum Gasteiger partial charge on any atom is 0.305 e. The van der Waals surface area contributed by atoms with Crippen LogP contribution in [0.3, 0.4) is 0 Å². The number of benzene rings is 2. The highest BCUT2D eigenvalue weighted by molar-refractivity contribution is 6.04. The summed E-state index contributed by atoms with van der Waals surface area (Å²) < 4.78 is 19.5. The van der Waals surface area contributed by atoms with Gasteiger partial charge in [-0.05, 0) is 74.4 Å². The highest BCUT2D eigenvalue weighted by Crippen LogP contribution is 2.20. The molecule has 0 fully saturated rings. The molecule has 0 saturated heterocycles. The van der Waals surface area contributed by atoms with Crippen molar-refractivity contribution in [1.82, 2.24) is 9.78 Å². The molecule has 0 aliphatic heterocycles. The molecule has 1 N–H and O–H groups in total. The molecular weight excluding hydrogens is 373 g/mol. The number of rotatable bonds is 6. The lowest BCUT2D eigenvalue weighted by Gasteiger charge is -2.08. The van der Waals surface area contributed by atoms with E-state index in [1.807, 2.05) is 26.0 Å². The fourth-order valence-corrected chi connectivity index (χ4v) is 3.11. The van der Waals surface area contributed by atoms with Gasteiger partial charge < -0.3 is 10.1 Å². The zero-order valence-corrected chi connectivity index (χ0v) is 16.5. The topological polar surface area (TPSA) is 73.2 Å². The van der Waals surface area contributed by atoms with Gasteiger partial charge in [-0.1, -0.05) is 0 Å². The summed E-state index contributed by atoms with van der Waals surface area (Å²) in [6.45, 7) is 3.85. The van der Waals surface area contributed by atoms with Gasteiger partial charge in [-0.25, -0.2) is 9.07 Å². The lowest BCUT2D eigenvalue weighted by molar-refractivity contribution is -0.140. The van der Waals surface area contributed by atoms with Crippen LogP contribution in [0, 0.1) is 19.7 Å². The van der Waals surface area contributed by atoms with Crippen LogP contribution in [0.25, 0.3) is 5.69 Å². The molecule has 0 aliphatic rings. The van der Waals surface area contributed by atoms with Crippen molar-refractivity contribution >= 4 is 17.6 Å². The second kappa shape index (κ2) is 8.68. The molecular formula is C22H22FN3O3. The third-order valence-electron chi connectivity index (χ3n) is 4.72. The largest absolute Gasteiger partial charge is 0.469 e. The lowest BCUT2D eigenvalue weighted by Crippen LogP contribution is -2.12. The number of ether oxygens (including phenoxy) is 1. The van der Waals surface area contributed by atoms with Gasteiger partial charge >= 0.3 is 5.97 Å². The monoisotopic (exact) mass is 395 g/mol. The molecule has 0 spiro atoms. The molecule has 3 rings (SSSR count). The molecule has 0 aliphatic carbocycles. The van der Waals surface area contributed by atoms with Crippen LogP contribution in [0.2, 0.25) is 0 Å². The van der Waals surface area contributed by atoms with Crippen molar-refractivity contribution in [3.8, 4) is 5.69 Å². The van der Waals surface area contributed by atoms with Gasteiger partial charge in [0.05, 0.1) is 18.5 Å². The average molecular weight is 395 g/mol. The van der Waals surface area contributed by atoms with E-state index in [1.165, 1.54) is 31.4 Å². The number of carbonyl (C=O) groups is 2. The van der Waals surface area contributed by atoms with Gasteiger partial charge in [0, 0.05) is 23.4 Å². The molecule has 3 aromatic rings. The number of anilines is 1. The number of nitrogens with one attached hydrogen (secondary N) is 1. The van der Waals surface area contributed by atoms with Gasteiger partial charge in [0.2, 0.25) is 0 Å². The van der Waals surface area contributed by atoms with Gasteiger partial charge in [0.25, 0.3) is 5.91 Å². The minimum Gasteiger partial charge on any atom is -0.469 e. The molecule has 2 aromatic carbocycles. The summed E-state index contributed by atoms with van der Waals surface area (Å²) in [6, 6.07) is 12.6. The first-order valence-corrected chi connectivity index (χ1v) is 9.18. The van der Waals surface area contributed by atoms with Crippen molar-refractivity contribution in [2.45, 2.75) is 26.7 Å². The Morgan fingerprint density at radius 1 is 1.07 bits per heavy atom. The number of aryl methyl sites for hydroxylation is 1. The summed E-state index contributed by atoms with van der Waals surface area (Å²) in [5.41, 5.74) is 4.61. The first-order valence-electron chi connectivity index (χ1n) is 9.18. The SMILES string of the molecule is COC(=O)CCc1c(C)nn(-c2ccc(C(=O)Nc3ccc(F)cc3)cc2)c1C. The molecule has 150 valence electrons. The maximum absolute atomic E-state index is 13.0. The van der Waals surface area contributed by atoms with Gasteiger partial charge in [-0.3, -0.25) is 9.59 Å². The smallest absolute Gasteiger partial charge is 0.305 e. The van der Waals surface area contributed by atoms with Crippen LogP contribution < -0.4 is 5.32 Å². The second-order valence-electron chi connectivity index (χ2n) is 6.65. The van der Waals surface area contributed by atoms with Crippen LogP contribution in [0.4, 0.5) is 10.1 Å². The Labute approximate surface area is 168 Å². The van der Waals surface area contributed by atoms with E-state index in [9.17, 15) is 14.0 Å². The molecule has 0 unspecified atom stereocenters. The van der Waals surface area contributed by atoms with E-state index in [2.05, 4.69) is 10.4 Å². The number of amides is 1. The Hall–Kier alpha value is -3.48. The quantitative estimate of drug-likeness (QED) is 0.641. The Kier molecular flexibility index (Phi) is 6.07. The molecule has 0 radical (unpaired) electrons. The number of aromatic nitrogens is 2. The van der Waals surface area contributed by atoms with E-state index in [4.69, 9.17) is 4.74 Å². The van der Waals surface area contributed by atoms with Gasteiger partial charge in [-0.2, -0.15) is 5.10 Å². The zero-order chi connectivity index (χ0) is 21.0. The predicted molar refractivity (Wildman–Crippen MR) is 108 cm³/mol. The number of hydrogen-bond donors (Lipinski definition) is 1. The van der Waals surface area contributed by atoms with Crippen LogP contribution in [-0.4, -0.2) is 28.8 Å². The molecule has 0 atom stereocenters. The number of methoxy groups -OCH3 is 1. The molecule has 0 bridgehead atoms. The van der Waals surface area contributed by atoms with Crippen molar-refractivity contribution in [2.24, 2.45) is 0 Å². The van der Waals surface area contributed by atoms with Crippen molar-refractivity contribution in [2.75, 3.05) is 12.4 Å². The van der Waals surface area contributed by atoms with Crippen LogP contribution in [0.5, 0.6) is 0 Å². The lowest BCUT2D eigenvalue weighted by atomic mass is 10.1. The van der Waals surface area contributed by atoms with Crippen LogP contribution >= 0.6 is 0 Å². The summed E-state index contributed by atoms with van der Waals surface area (Å²) in [5, 5.41) is 7.29. The summed E-state index contributed by atoms with van der Waals surface area (Å²) in [6.07, 6.45) is 0.856. The van der Waals surface area contributed by atoms with Crippen molar-refractivity contribution in [3.63, 3.8) is 0 Å². The fourth-order valence-electron chi connectivity index (χ4n) is 3.11. The van der Waals surface area contributed by atoms with Crippen molar-refractivity contribution in [1.29, 1.82) is 0 Å². The predicted octanol–water partition coefficient (Wildman–Crippen LogP) is 3.99. The first-order chi connectivity index (χ1) is 13.9. The summed E-state index contributed by atoms with van der Waals surface area (Å²) in [4.78, 5) is 23.8. The average Bonchev–Trinajstić information content (AvgIpc) is 3.01. The summed E-state index contributed by atoms with van der Waals surface area (Å²) in [7, 11) is 1.37. The van der Waals surface area contributed by atoms with Crippen LogP contribution in [-0.2, 0) is 16.0 Å². The van der Waals surface area contributed by atoms with Crippen molar-refractivity contribution in [3.05, 3.63) is 76.9 Å². The molecule has 1 amide bonds. The number of hydrogen-bond acceptors (Lipinski definition) is 4. The maximum atomic E-state index is 13.0. The van der Waals surface area contributed by atoms with Gasteiger partial charge in [-0.15, -0.1) is 0 Å². The fraction of sp³-hybridized carbons (Fsp3) is 0.227. The Balaban J connectivity index is 1.75. The van der Waals surface area contributed by atoms with Crippen LogP contribution in [0.1, 0.15) is 33.7 Å². The number of nitrogens with zero attached hydrogens (tertiary/aromatic N) is 2. The molecule has 29 heavy (non-hydrogen) atoms. The molecule has 1 heterocycles. The van der Waals surface area contributed by atoms with E-state index in [-0.39, 0.29) is 17.7 Å². The molecule has 7 heteroatoms. The molecule has 6 nitrogen and oxygen atoms in total. The van der Waals surface area contributed by atoms with E-state index >= 15 is 0 Å². The minimum atomic E-state index is -0.358. The van der Waals surface area contributed by atoms with E-state index in [0.717, 1.165) is 22.6 Å². The Morgan fingerprint density at radius 2 is 1.72 bits per heavy atom. The standard InChI is InChI=1S/C22H22FN3O3/c1-14-20(12-13-21(27)29-3)15(2)26(25-14)19-10-4-16(5-11-19)22(28)24-18-8-6-17(23)7-9-18/h4-11H,12-13H2,1-3H3,(H,24,28).